The van der Waals surface area contributed by atoms with Crippen LogP contribution >= 0.6 is 45.9 Å². The van der Waals surface area contributed by atoms with Crippen LogP contribution in [0.25, 0.3) is 22.0 Å². The fraction of sp³-hybridized carbons (Fsp3) is 0.0769. The summed E-state index contributed by atoms with van der Waals surface area (Å²) in [5.41, 5.74) is 5.10. The molecule has 0 amide bonds. The van der Waals surface area contributed by atoms with E-state index in [9.17, 15) is 0 Å². The smallest absolute Gasteiger partial charge is 0.207 e. The predicted octanol–water partition coefficient (Wildman–Crippen LogP) is 8.69. The van der Waals surface area contributed by atoms with Gasteiger partial charge in [0.25, 0.3) is 0 Å². The molecule has 1 aliphatic heterocycles. The molecule has 0 aliphatic carbocycles. The monoisotopic (exact) mass is 505 g/mol. The lowest BCUT2D eigenvalue weighted by Gasteiger charge is -2.22. The SMILES string of the molecule is Clc1cc(C2=NN(c3nc(-c4ccccc4)cs3)C(c3cccc4ccccc34)C2)c(Cl)s1. The highest BCUT2D eigenvalue weighted by Crippen LogP contribution is 2.43. The molecule has 0 N–H and O–H groups in total. The minimum absolute atomic E-state index is 0.00983. The van der Waals surface area contributed by atoms with Crippen molar-refractivity contribution in [2.24, 2.45) is 5.10 Å². The van der Waals surface area contributed by atoms with Gasteiger partial charge in [0.1, 0.15) is 4.34 Å². The van der Waals surface area contributed by atoms with Crippen molar-refractivity contribution in [1.29, 1.82) is 0 Å². The van der Waals surface area contributed by atoms with E-state index in [0.29, 0.717) is 8.67 Å². The van der Waals surface area contributed by atoms with Crippen molar-refractivity contribution in [3.8, 4) is 11.3 Å². The summed E-state index contributed by atoms with van der Waals surface area (Å²) >= 11 is 15.7. The summed E-state index contributed by atoms with van der Waals surface area (Å²) in [6, 6.07) is 27.1. The average Bonchev–Trinajstić information content (AvgIpc) is 3.57. The van der Waals surface area contributed by atoms with Crippen LogP contribution in [0.5, 0.6) is 0 Å². The molecule has 0 saturated heterocycles. The van der Waals surface area contributed by atoms with Crippen molar-refractivity contribution < 1.29 is 0 Å². The summed E-state index contributed by atoms with van der Waals surface area (Å²) in [5, 5.41) is 12.5. The zero-order chi connectivity index (χ0) is 22.4. The molecule has 0 saturated carbocycles. The summed E-state index contributed by atoms with van der Waals surface area (Å²) in [7, 11) is 0. The van der Waals surface area contributed by atoms with E-state index >= 15 is 0 Å². The molecule has 3 nitrogen and oxygen atoms in total. The molecule has 6 rings (SSSR count). The minimum atomic E-state index is 0.00983. The number of benzene rings is 3. The maximum atomic E-state index is 6.51. The summed E-state index contributed by atoms with van der Waals surface area (Å²) in [4.78, 5) is 4.95. The zero-order valence-electron chi connectivity index (χ0n) is 17.3. The Morgan fingerprint density at radius 2 is 1.70 bits per heavy atom. The molecule has 162 valence electrons. The van der Waals surface area contributed by atoms with Crippen LogP contribution in [0.1, 0.15) is 23.6 Å². The maximum Gasteiger partial charge on any atom is 0.207 e. The van der Waals surface area contributed by atoms with Crippen molar-refractivity contribution >= 4 is 67.5 Å². The molecule has 0 bridgehead atoms. The van der Waals surface area contributed by atoms with Gasteiger partial charge in [-0.25, -0.2) is 9.99 Å². The molecule has 3 aromatic carbocycles. The maximum absolute atomic E-state index is 6.51. The lowest BCUT2D eigenvalue weighted by Crippen LogP contribution is -2.18. The first-order valence-corrected chi connectivity index (χ1v) is 12.9. The normalized spacial score (nSPS) is 15.9. The Morgan fingerprint density at radius 1 is 0.909 bits per heavy atom. The fourth-order valence-corrected chi connectivity index (χ4v) is 6.62. The van der Waals surface area contributed by atoms with Crippen LogP contribution in [0.4, 0.5) is 5.13 Å². The Morgan fingerprint density at radius 3 is 2.52 bits per heavy atom. The van der Waals surface area contributed by atoms with E-state index in [4.69, 9.17) is 33.3 Å². The van der Waals surface area contributed by atoms with E-state index in [2.05, 4.69) is 65.0 Å². The molecule has 7 heteroatoms. The van der Waals surface area contributed by atoms with Gasteiger partial charge in [0.2, 0.25) is 5.13 Å². The Bertz CT molecular complexity index is 1480. The van der Waals surface area contributed by atoms with Gasteiger partial charge in [0.15, 0.2) is 0 Å². The van der Waals surface area contributed by atoms with Crippen molar-refractivity contribution in [3.05, 3.63) is 104 Å². The molecular weight excluding hydrogens is 489 g/mol. The van der Waals surface area contributed by atoms with Gasteiger partial charge in [-0.3, -0.25) is 0 Å². The third kappa shape index (κ3) is 3.85. The van der Waals surface area contributed by atoms with Crippen LogP contribution in [-0.2, 0) is 0 Å². The van der Waals surface area contributed by atoms with Crippen molar-refractivity contribution in [2.75, 3.05) is 5.01 Å². The highest BCUT2D eigenvalue weighted by Gasteiger charge is 2.34. The second-order valence-corrected chi connectivity index (χ2v) is 10.9. The summed E-state index contributed by atoms with van der Waals surface area (Å²) in [6.45, 7) is 0. The van der Waals surface area contributed by atoms with Crippen LogP contribution < -0.4 is 5.01 Å². The first-order valence-electron chi connectivity index (χ1n) is 10.5. The van der Waals surface area contributed by atoms with Gasteiger partial charge < -0.3 is 0 Å². The van der Waals surface area contributed by atoms with Crippen LogP contribution in [0.3, 0.4) is 0 Å². The van der Waals surface area contributed by atoms with Gasteiger partial charge in [-0.15, -0.1) is 22.7 Å². The van der Waals surface area contributed by atoms with Gasteiger partial charge >= 0.3 is 0 Å². The number of hydrazone groups is 1. The first-order chi connectivity index (χ1) is 16.2. The second kappa shape index (κ2) is 8.58. The number of halogens is 2. The third-order valence-corrected chi connectivity index (χ3v) is 8.14. The van der Waals surface area contributed by atoms with Crippen molar-refractivity contribution in [2.45, 2.75) is 12.5 Å². The van der Waals surface area contributed by atoms with Crippen LogP contribution in [0.15, 0.2) is 89.3 Å². The summed E-state index contributed by atoms with van der Waals surface area (Å²) in [5.74, 6) is 0. The van der Waals surface area contributed by atoms with Crippen LogP contribution in [0, 0.1) is 0 Å². The quantitative estimate of drug-likeness (QED) is 0.244. The number of thiazole rings is 1. The highest BCUT2D eigenvalue weighted by molar-refractivity contribution is 7.20. The lowest BCUT2D eigenvalue weighted by molar-refractivity contribution is 0.712. The molecule has 1 aliphatic rings. The van der Waals surface area contributed by atoms with E-state index < -0.39 is 0 Å². The van der Waals surface area contributed by atoms with Crippen LogP contribution in [-0.4, -0.2) is 10.7 Å². The third-order valence-electron chi connectivity index (χ3n) is 5.82. The topological polar surface area (TPSA) is 28.5 Å². The molecule has 1 atom stereocenters. The van der Waals surface area contributed by atoms with E-state index in [1.165, 1.54) is 27.7 Å². The van der Waals surface area contributed by atoms with Gasteiger partial charge in [-0.2, -0.15) is 5.10 Å². The molecule has 5 aromatic rings. The lowest BCUT2D eigenvalue weighted by atomic mass is 9.95. The number of nitrogens with zero attached hydrogens (tertiary/aromatic N) is 3. The molecule has 0 spiro atoms. The van der Waals surface area contributed by atoms with Crippen molar-refractivity contribution in [1.82, 2.24) is 4.98 Å². The Labute approximate surface area is 209 Å². The number of fused-ring (bicyclic) bond motifs is 1. The summed E-state index contributed by atoms with van der Waals surface area (Å²) in [6.07, 6.45) is 0.723. The minimum Gasteiger partial charge on any atom is -0.231 e. The Balaban J connectivity index is 1.47. The second-order valence-electron chi connectivity index (χ2n) is 7.80. The molecular formula is C26H17Cl2N3S2. The number of hydrogen-bond acceptors (Lipinski definition) is 5. The van der Waals surface area contributed by atoms with E-state index in [1.54, 1.807) is 11.3 Å². The molecule has 0 fully saturated rings. The number of hydrogen-bond donors (Lipinski definition) is 0. The Hall–Kier alpha value is -2.70. The Kier molecular flexibility index (Phi) is 5.43. The van der Waals surface area contributed by atoms with Gasteiger partial charge in [0, 0.05) is 22.9 Å². The fourth-order valence-electron chi connectivity index (χ4n) is 4.28. The number of rotatable bonds is 4. The average molecular weight is 506 g/mol. The number of aromatic nitrogens is 1. The molecule has 33 heavy (non-hydrogen) atoms. The molecule has 3 heterocycles. The van der Waals surface area contributed by atoms with Crippen LogP contribution in [0.2, 0.25) is 8.67 Å². The standard InChI is InChI=1S/C26H17Cl2N3S2/c27-24-13-20(25(28)33-24)21-14-23(19-12-6-10-16-7-4-5-11-18(16)19)31(30-21)26-29-22(15-32-26)17-8-2-1-3-9-17/h1-13,15,23H,14H2. The molecule has 2 aromatic heterocycles. The van der Waals surface area contributed by atoms with E-state index in [-0.39, 0.29) is 6.04 Å². The largest absolute Gasteiger partial charge is 0.231 e. The number of anilines is 1. The van der Waals surface area contributed by atoms with Crippen molar-refractivity contribution in [3.63, 3.8) is 0 Å². The van der Waals surface area contributed by atoms with E-state index in [1.807, 2.05) is 24.3 Å². The van der Waals surface area contributed by atoms with Gasteiger partial charge in [0.05, 0.1) is 21.8 Å². The first kappa shape index (κ1) is 20.9. The summed E-state index contributed by atoms with van der Waals surface area (Å²) < 4.78 is 1.33. The predicted molar refractivity (Wildman–Crippen MR) is 142 cm³/mol. The zero-order valence-corrected chi connectivity index (χ0v) is 20.4. The highest BCUT2D eigenvalue weighted by atomic mass is 35.5. The molecule has 1 unspecified atom stereocenters. The number of thiophene rings is 1. The van der Waals surface area contributed by atoms with Gasteiger partial charge in [-0.1, -0.05) is 96.0 Å². The van der Waals surface area contributed by atoms with Gasteiger partial charge in [-0.05, 0) is 22.4 Å². The molecule has 0 radical (unpaired) electrons. The van der Waals surface area contributed by atoms with E-state index in [0.717, 1.165) is 34.1 Å².